The number of isothiocyanates is 1. The SMILES string of the molecule is O=C=NSC1CN1N=C=S. The molecular formula is C4H3N3OS2. The summed E-state index contributed by atoms with van der Waals surface area (Å²) in [6.45, 7) is 0.777. The van der Waals surface area contributed by atoms with Crippen molar-refractivity contribution in [2.24, 2.45) is 9.50 Å². The van der Waals surface area contributed by atoms with Crippen LogP contribution in [-0.2, 0) is 4.79 Å². The van der Waals surface area contributed by atoms with Crippen molar-refractivity contribution in [2.45, 2.75) is 5.37 Å². The zero-order valence-corrected chi connectivity index (χ0v) is 6.48. The van der Waals surface area contributed by atoms with Crippen molar-refractivity contribution >= 4 is 35.4 Å². The molecule has 0 aromatic carbocycles. The fraction of sp³-hybridized carbons (Fsp3) is 0.500. The molecule has 1 unspecified atom stereocenters. The first kappa shape index (κ1) is 7.44. The van der Waals surface area contributed by atoms with Crippen LogP contribution in [-0.4, -0.2) is 28.2 Å². The van der Waals surface area contributed by atoms with E-state index >= 15 is 0 Å². The summed E-state index contributed by atoms with van der Waals surface area (Å²) in [4.78, 5) is 9.60. The number of carbonyl (C=O) groups excluding carboxylic acids is 1. The van der Waals surface area contributed by atoms with Crippen LogP contribution in [0.5, 0.6) is 0 Å². The monoisotopic (exact) mass is 173 g/mol. The maximum atomic E-state index is 9.60. The van der Waals surface area contributed by atoms with Crippen molar-refractivity contribution in [1.82, 2.24) is 5.01 Å². The molecule has 4 nitrogen and oxygen atoms in total. The molecule has 1 fully saturated rings. The Labute approximate surface area is 67.1 Å². The summed E-state index contributed by atoms with van der Waals surface area (Å²) >= 11 is 5.50. The van der Waals surface area contributed by atoms with E-state index < -0.39 is 0 Å². The summed E-state index contributed by atoms with van der Waals surface area (Å²) in [6, 6.07) is 0. The topological polar surface area (TPSA) is 44.8 Å². The molecule has 1 saturated heterocycles. The van der Waals surface area contributed by atoms with Crippen LogP contribution in [0.15, 0.2) is 9.50 Å². The lowest BCUT2D eigenvalue weighted by Crippen LogP contribution is -1.84. The van der Waals surface area contributed by atoms with Crippen LogP contribution in [0.25, 0.3) is 0 Å². The fourth-order valence-electron chi connectivity index (χ4n) is 0.441. The zero-order valence-electron chi connectivity index (χ0n) is 4.85. The lowest BCUT2D eigenvalue weighted by atomic mass is 11.0. The lowest BCUT2D eigenvalue weighted by molar-refractivity contribution is 0.566. The van der Waals surface area contributed by atoms with Crippen LogP contribution < -0.4 is 0 Å². The number of nitrogens with zero attached hydrogens (tertiary/aromatic N) is 3. The second-order valence-corrected chi connectivity index (χ2v) is 2.68. The minimum atomic E-state index is 0.164. The van der Waals surface area contributed by atoms with Gasteiger partial charge in [0.05, 0.1) is 11.7 Å². The number of rotatable bonds is 3. The molecule has 52 valence electrons. The summed E-state index contributed by atoms with van der Waals surface area (Å²) < 4.78 is 3.31. The third-order valence-electron chi connectivity index (χ3n) is 0.923. The summed E-state index contributed by atoms with van der Waals surface area (Å²) in [5, 5.41) is 7.72. The summed E-state index contributed by atoms with van der Waals surface area (Å²) in [5.41, 5.74) is 0. The molecular weight excluding hydrogens is 170 g/mol. The molecule has 6 heteroatoms. The number of hydrogen-bond donors (Lipinski definition) is 0. The van der Waals surface area contributed by atoms with Crippen molar-refractivity contribution in [3.63, 3.8) is 0 Å². The van der Waals surface area contributed by atoms with Crippen molar-refractivity contribution in [3.8, 4) is 0 Å². The van der Waals surface area contributed by atoms with E-state index in [1.54, 1.807) is 5.01 Å². The minimum Gasteiger partial charge on any atom is -0.268 e. The molecule has 0 radical (unpaired) electrons. The third-order valence-corrected chi connectivity index (χ3v) is 1.82. The highest BCUT2D eigenvalue weighted by Gasteiger charge is 2.34. The highest BCUT2D eigenvalue weighted by molar-refractivity contribution is 7.98. The van der Waals surface area contributed by atoms with Crippen molar-refractivity contribution < 1.29 is 4.79 Å². The van der Waals surface area contributed by atoms with Gasteiger partial charge in [0, 0.05) is 11.9 Å². The molecule has 1 atom stereocenters. The predicted molar refractivity (Wildman–Crippen MR) is 41.2 cm³/mol. The quantitative estimate of drug-likeness (QED) is 0.206. The fourth-order valence-corrected chi connectivity index (χ4v) is 1.09. The van der Waals surface area contributed by atoms with E-state index in [2.05, 4.69) is 26.9 Å². The van der Waals surface area contributed by atoms with Crippen LogP contribution in [0.1, 0.15) is 0 Å². The molecule has 1 aliphatic rings. The van der Waals surface area contributed by atoms with Crippen molar-refractivity contribution in [3.05, 3.63) is 0 Å². The number of hydrogen-bond acceptors (Lipinski definition) is 6. The molecule has 10 heavy (non-hydrogen) atoms. The summed E-state index contributed by atoms with van der Waals surface area (Å²) in [7, 11) is 0. The van der Waals surface area contributed by atoms with E-state index in [0.717, 1.165) is 18.5 Å². The highest BCUT2D eigenvalue weighted by atomic mass is 32.2. The number of thiocarbonyl (C=S) groups is 1. The Kier molecular flexibility index (Phi) is 2.59. The average Bonchev–Trinajstić information content (AvgIpc) is 2.65. The Morgan fingerprint density at radius 3 is 3.20 bits per heavy atom. The van der Waals surface area contributed by atoms with Gasteiger partial charge in [0.15, 0.2) is 0 Å². The van der Waals surface area contributed by atoms with E-state index in [-0.39, 0.29) is 5.37 Å². The van der Waals surface area contributed by atoms with Gasteiger partial charge in [-0.3, -0.25) is 5.01 Å². The van der Waals surface area contributed by atoms with Crippen LogP contribution in [0.4, 0.5) is 0 Å². The van der Waals surface area contributed by atoms with Gasteiger partial charge in [0.2, 0.25) is 6.08 Å². The van der Waals surface area contributed by atoms with E-state index in [4.69, 9.17) is 0 Å². The molecule has 0 aliphatic carbocycles. The zero-order chi connectivity index (χ0) is 7.40. The molecule has 0 aromatic rings. The Balaban J connectivity index is 2.25. The summed E-state index contributed by atoms with van der Waals surface area (Å²) in [6.07, 6.45) is 1.42. The van der Waals surface area contributed by atoms with Gasteiger partial charge < -0.3 is 0 Å². The Morgan fingerprint density at radius 1 is 1.80 bits per heavy atom. The predicted octanol–water partition coefficient (Wildman–Crippen LogP) is 0.630. The third kappa shape index (κ3) is 1.93. The second kappa shape index (κ2) is 3.49. The Hall–Kier alpha value is -0.670. The summed E-state index contributed by atoms with van der Waals surface area (Å²) in [5.74, 6) is 0. The molecule has 1 aliphatic heterocycles. The highest BCUT2D eigenvalue weighted by Crippen LogP contribution is 2.29. The van der Waals surface area contributed by atoms with Gasteiger partial charge in [-0.25, -0.2) is 4.79 Å². The molecule has 0 saturated carbocycles. The molecule has 1 rings (SSSR count). The first-order chi connectivity index (χ1) is 4.88. The first-order valence-corrected chi connectivity index (χ1v) is 3.70. The normalized spacial score (nSPS) is 20.8. The molecule has 0 N–H and O–H groups in total. The lowest BCUT2D eigenvalue weighted by Gasteiger charge is -1.85. The Morgan fingerprint density at radius 2 is 2.60 bits per heavy atom. The maximum absolute atomic E-state index is 9.60. The van der Waals surface area contributed by atoms with Gasteiger partial charge in [-0.1, -0.05) is 0 Å². The number of hydrazone groups is 1. The molecule has 0 bridgehead atoms. The first-order valence-electron chi connectivity index (χ1n) is 2.46. The van der Waals surface area contributed by atoms with Gasteiger partial charge in [0.25, 0.3) is 0 Å². The van der Waals surface area contributed by atoms with Crippen molar-refractivity contribution in [2.75, 3.05) is 6.54 Å². The van der Waals surface area contributed by atoms with Crippen molar-refractivity contribution in [1.29, 1.82) is 0 Å². The van der Waals surface area contributed by atoms with Gasteiger partial charge >= 0.3 is 0 Å². The van der Waals surface area contributed by atoms with Crippen LogP contribution in [0.3, 0.4) is 0 Å². The standard InChI is InChI=1S/C4H3N3OS2/c8-2-6-10-4-1-7(4)5-3-9/h4H,1H2. The van der Waals surface area contributed by atoms with Crippen LogP contribution in [0, 0.1) is 0 Å². The van der Waals surface area contributed by atoms with Gasteiger partial charge in [-0.2, -0.15) is 0 Å². The van der Waals surface area contributed by atoms with Gasteiger partial charge in [0.1, 0.15) is 5.37 Å². The van der Waals surface area contributed by atoms with Gasteiger partial charge in [-0.15, -0.1) is 9.50 Å². The average molecular weight is 173 g/mol. The minimum absolute atomic E-state index is 0.164. The second-order valence-electron chi connectivity index (χ2n) is 1.56. The smallest absolute Gasteiger partial charge is 0.247 e. The molecule has 1 heterocycles. The molecule has 0 amide bonds. The number of isocyanates is 1. The Bertz CT molecular complexity index is 219. The van der Waals surface area contributed by atoms with E-state index in [9.17, 15) is 4.79 Å². The molecule has 0 spiro atoms. The van der Waals surface area contributed by atoms with E-state index in [0.29, 0.717) is 0 Å². The largest absolute Gasteiger partial charge is 0.268 e. The van der Waals surface area contributed by atoms with E-state index in [1.807, 2.05) is 0 Å². The van der Waals surface area contributed by atoms with Gasteiger partial charge in [-0.05, 0) is 12.2 Å². The van der Waals surface area contributed by atoms with Crippen LogP contribution >= 0.6 is 24.2 Å². The maximum Gasteiger partial charge on any atom is 0.247 e. The van der Waals surface area contributed by atoms with Crippen LogP contribution in [0.2, 0.25) is 0 Å². The van der Waals surface area contributed by atoms with E-state index in [1.165, 1.54) is 6.08 Å². The molecule has 0 aromatic heterocycles.